The molecule has 0 bridgehead atoms. The molecular formula is C24H26N2O4. The molecule has 1 aliphatic heterocycles. The third kappa shape index (κ3) is 3.77. The predicted molar refractivity (Wildman–Crippen MR) is 116 cm³/mol. The molecule has 1 N–H and O–H groups in total. The van der Waals surface area contributed by atoms with E-state index in [0.717, 1.165) is 23.8 Å². The van der Waals surface area contributed by atoms with Crippen LogP contribution in [0.4, 0.5) is 5.69 Å². The standard InChI is InChI=1S/C24H26N2O4/c1-4-17(5-2)25-23(27)22-14-26(18-8-6-7-9-20(18)30-22)24(28)21-13-16-12-15(3)10-11-19(16)29-21/h6-13,17,22H,4-5,14H2,1-3H3,(H,25,27). The highest BCUT2D eigenvalue weighted by atomic mass is 16.5. The number of benzene rings is 2. The number of hydrogen-bond acceptors (Lipinski definition) is 4. The molecule has 3 aromatic rings. The molecule has 1 aliphatic rings. The van der Waals surface area contributed by atoms with Gasteiger partial charge in [0.25, 0.3) is 11.8 Å². The van der Waals surface area contributed by atoms with E-state index in [0.29, 0.717) is 17.0 Å². The molecule has 1 atom stereocenters. The zero-order chi connectivity index (χ0) is 21.3. The summed E-state index contributed by atoms with van der Waals surface area (Å²) < 4.78 is 11.8. The average molecular weight is 406 g/mol. The molecule has 1 unspecified atom stereocenters. The van der Waals surface area contributed by atoms with Crippen LogP contribution in [0.15, 0.2) is 52.9 Å². The van der Waals surface area contributed by atoms with Crippen LogP contribution in [0.1, 0.15) is 42.8 Å². The van der Waals surface area contributed by atoms with E-state index in [1.807, 2.05) is 57.2 Å². The Bertz CT molecular complexity index is 1080. The van der Waals surface area contributed by atoms with Crippen LogP contribution in [0, 0.1) is 6.92 Å². The third-order valence-corrected chi connectivity index (χ3v) is 5.53. The van der Waals surface area contributed by atoms with Crippen molar-refractivity contribution in [2.75, 3.05) is 11.4 Å². The first kappa shape index (κ1) is 20.0. The van der Waals surface area contributed by atoms with Gasteiger partial charge in [-0.1, -0.05) is 37.6 Å². The molecule has 1 aromatic heterocycles. The Morgan fingerprint density at radius 2 is 1.90 bits per heavy atom. The molecule has 6 nitrogen and oxygen atoms in total. The molecule has 0 radical (unpaired) electrons. The molecule has 2 amide bonds. The Kier molecular flexibility index (Phi) is 5.48. The topological polar surface area (TPSA) is 71.8 Å². The number of carbonyl (C=O) groups is 2. The molecule has 4 rings (SSSR count). The molecule has 6 heteroatoms. The highest BCUT2D eigenvalue weighted by molar-refractivity contribution is 6.08. The lowest BCUT2D eigenvalue weighted by molar-refractivity contribution is -0.128. The Balaban J connectivity index is 1.64. The maximum atomic E-state index is 13.4. The largest absolute Gasteiger partial charge is 0.477 e. The fraction of sp³-hybridized carbons (Fsp3) is 0.333. The maximum absolute atomic E-state index is 13.4. The van der Waals surface area contributed by atoms with Crippen molar-refractivity contribution >= 4 is 28.5 Å². The van der Waals surface area contributed by atoms with Crippen molar-refractivity contribution < 1.29 is 18.7 Å². The molecule has 2 heterocycles. The predicted octanol–water partition coefficient (Wildman–Crippen LogP) is 4.45. The average Bonchev–Trinajstić information content (AvgIpc) is 3.19. The van der Waals surface area contributed by atoms with Gasteiger partial charge in [-0.2, -0.15) is 0 Å². The van der Waals surface area contributed by atoms with Gasteiger partial charge in [0.1, 0.15) is 11.3 Å². The highest BCUT2D eigenvalue weighted by Gasteiger charge is 2.35. The number of anilines is 1. The van der Waals surface area contributed by atoms with Crippen molar-refractivity contribution in [2.45, 2.75) is 45.8 Å². The number of nitrogens with one attached hydrogen (secondary N) is 1. The molecule has 156 valence electrons. The number of carbonyl (C=O) groups excluding carboxylic acids is 2. The number of amides is 2. The fourth-order valence-corrected chi connectivity index (χ4v) is 3.75. The van der Waals surface area contributed by atoms with Gasteiger partial charge in [0.05, 0.1) is 12.2 Å². The zero-order valence-electron chi connectivity index (χ0n) is 17.5. The lowest BCUT2D eigenvalue weighted by Gasteiger charge is -2.34. The van der Waals surface area contributed by atoms with E-state index in [1.54, 1.807) is 17.0 Å². The molecule has 0 fully saturated rings. The summed E-state index contributed by atoms with van der Waals surface area (Å²) in [5, 5.41) is 3.90. The summed E-state index contributed by atoms with van der Waals surface area (Å²) in [6.07, 6.45) is 0.898. The highest BCUT2D eigenvalue weighted by Crippen LogP contribution is 2.35. The molecule has 0 aliphatic carbocycles. The molecule has 2 aromatic carbocycles. The number of furan rings is 1. The van der Waals surface area contributed by atoms with Crippen molar-refractivity contribution in [3.63, 3.8) is 0 Å². The first-order chi connectivity index (χ1) is 14.5. The summed E-state index contributed by atoms with van der Waals surface area (Å²) in [4.78, 5) is 27.8. The van der Waals surface area contributed by atoms with E-state index < -0.39 is 6.10 Å². The van der Waals surface area contributed by atoms with Crippen LogP contribution in [-0.4, -0.2) is 30.5 Å². The number of aryl methyl sites for hydroxylation is 1. The summed E-state index contributed by atoms with van der Waals surface area (Å²) in [6, 6.07) is 14.9. The number of para-hydroxylation sites is 2. The SMILES string of the molecule is CCC(CC)NC(=O)C1CN(C(=O)c2cc3cc(C)ccc3o2)c2ccccc2O1. The Hall–Kier alpha value is -3.28. The molecule has 0 saturated heterocycles. The number of nitrogens with zero attached hydrogens (tertiary/aromatic N) is 1. The van der Waals surface area contributed by atoms with Crippen molar-refractivity contribution in [3.8, 4) is 5.75 Å². The normalized spacial score (nSPS) is 15.7. The van der Waals surface area contributed by atoms with Gasteiger partial charge >= 0.3 is 0 Å². The first-order valence-electron chi connectivity index (χ1n) is 10.4. The molecule has 0 spiro atoms. The van der Waals surface area contributed by atoms with Gasteiger partial charge in [0.15, 0.2) is 11.9 Å². The Labute approximate surface area is 175 Å². The lowest BCUT2D eigenvalue weighted by Crippen LogP contribution is -2.52. The number of ether oxygens (including phenoxy) is 1. The Morgan fingerprint density at radius 3 is 2.67 bits per heavy atom. The quantitative estimate of drug-likeness (QED) is 0.679. The van der Waals surface area contributed by atoms with Gasteiger partial charge in [-0.25, -0.2) is 0 Å². The first-order valence-corrected chi connectivity index (χ1v) is 10.4. The number of hydrogen-bond donors (Lipinski definition) is 1. The monoisotopic (exact) mass is 406 g/mol. The van der Waals surface area contributed by atoms with Gasteiger partial charge in [0, 0.05) is 11.4 Å². The second kappa shape index (κ2) is 8.22. The number of rotatable bonds is 5. The molecule has 30 heavy (non-hydrogen) atoms. The summed E-state index contributed by atoms with van der Waals surface area (Å²) >= 11 is 0. The minimum absolute atomic E-state index is 0.0843. The summed E-state index contributed by atoms with van der Waals surface area (Å²) in [7, 11) is 0. The Morgan fingerprint density at radius 1 is 1.13 bits per heavy atom. The summed E-state index contributed by atoms with van der Waals surface area (Å²) in [5.41, 5.74) is 2.39. The van der Waals surface area contributed by atoms with Gasteiger partial charge in [-0.15, -0.1) is 0 Å². The van der Waals surface area contributed by atoms with Crippen molar-refractivity contribution in [1.82, 2.24) is 5.32 Å². The maximum Gasteiger partial charge on any atom is 0.294 e. The minimum atomic E-state index is -0.781. The van der Waals surface area contributed by atoms with Gasteiger partial charge in [0.2, 0.25) is 0 Å². The van der Waals surface area contributed by atoms with E-state index in [1.165, 1.54) is 0 Å². The van der Waals surface area contributed by atoms with Crippen LogP contribution in [0.3, 0.4) is 0 Å². The second-order valence-electron chi connectivity index (χ2n) is 7.66. The van der Waals surface area contributed by atoms with E-state index in [2.05, 4.69) is 5.32 Å². The van der Waals surface area contributed by atoms with Gasteiger partial charge in [-0.05, 0) is 50.1 Å². The molecule has 0 saturated carbocycles. The fourth-order valence-electron chi connectivity index (χ4n) is 3.75. The van der Waals surface area contributed by atoms with Gasteiger partial charge < -0.3 is 14.5 Å². The lowest BCUT2D eigenvalue weighted by atomic mass is 10.1. The van der Waals surface area contributed by atoms with Crippen LogP contribution in [0.2, 0.25) is 0 Å². The van der Waals surface area contributed by atoms with Crippen molar-refractivity contribution in [1.29, 1.82) is 0 Å². The smallest absolute Gasteiger partial charge is 0.294 e. The summed E-state index contributed by atoms with van der Waals surface area (Å²) in [6.45, 7) is 6.18. The van der Waals surface area contributed by atoms with Gasteiger partial charge in [-0.3, -0.25) is 14.5 Å². The van der Waals surface area contributed by atoms with Crippen molar-refractivity contribution in [2.24, 2.45) is 0 Å². The van der Waals surface area contributed by atoms with E-state index in [-0.39, 0.29) is 30.2 Å². The van der Waals surface area contributed by atoms with Crippen LogP contribution >= 0.6 is 0 Å². The van der Waals surface area contributed by atoms with Crippen LogP contribution in [0.25, 0.3) is 11.0 Å². The van der Waals surface area contributed by atoms with Crippen LogP contribution < -0.4 is 15.0 Å². The van der Waals surface area contributed by atoms with Crippen LogP contribution in [-0.2, 0) is 4.79 Å². The van der Waals surface area contributed by atoms with E-state index >= 15 is 0 Å². The third-order valence-electron chi connectivity index (χ3n) is 5.53. The summed E-state index contributed by atoms with van der Waals surface area (Å²) in [5.74, 6) is 0.247. The zero-order valence-corrected chi connectivity index (χ0v) is 17.5. The van der Waals surface area contributed by atoms with E-state index in [4.69, 9.17) is 9.15 Å². The number of fused-ring (bicyclic) bond motifs is 2. The minimum Gasteiger partial charge on any atom is -0.477 e. The molecular weight excluding hydrogens is 380 g/mol. The van der Waals surface area contributed by atoms with Crippen molar-refractivity contribution in [3.05, 3.63) is 59.9 Å². The van der Waals surface area contributed by atoms with Crippen LogP contribution in [0.5, 0.6) is 5.75 Å². The second-order valence-corrected chi connectivity index (χ2v) is 7.66. The van der Waals surface area contributed by atoms with E-state index in [9.17, 15) is 9.59 Å².